The van der Waals surface area contributed by atoms with Crippen LogP contribution in [-0.2, 0) is 9.53 Å². The lowest BCUT2D eigenvalue weighted by Crippen LogP contribution is -2.39. The summed E-state index contributed by atoms with van der Waals surface area (Å²) in [5, 5.41) is 0. The number of hydrogen-bond acceptors (Lipinski definition) is 6. The zero-order valence-corrected chi connectivity index (χ0v) is 18.6. The third kappa shape index (κ3) is 4.01. The number of thiazole rings is 1. The summed E-state index contributed by atoms with van der Waals surface area (Å²) in [6, 6.07) is 12.5. The fourth-order valence-corrected chi connectivity index (χ4v) is 4.71. The lowest BCUT2D eigenvalue weighted by Gasteiger charge is -2.25. The van der Waals surface area contributed by atoms with E-state index in [2.05, 4.69) is 4.99 Å². The zero-order valence-electron chi connectivity index (χ0n) is 17.8. The maximum Gasteiger partial charge on any atom is 0.338 e. The van der Waals surface area contributed by atoms with Gasteiger partial charge in [0, 0.05) is 0 Å². The number of aromatic nitrogens is 1. The highest BCUT2D eigenvalue weighted by Crippen LogP contribution is 2.32. The number of benzene rings is 2. The molecule has 1 aliphatic rings. The largest absolute Gasteiger partial charge is 0.497 e. The lowest BCUT2D eigenvalue weighted by molar-refractivity contribution is -0.139. The van der Waals surface area contributed by atoms with E-state index in [0.29, 0.717) is 37.5 Å². The van der Waals surface area contributed by atoms with E-state index in [4.69, 9.17) is 9.47 Å². The Bertz CT molecular complexity index is 1400. The van der Waals surface area contributed by atoms with E-state index in [9.17, 15) is 14.0 Å². The quantitative estimate of drug-likeness (QED) is 0.558. The molecular weight excluding hydrogens is 431 g/mol. The Hall–Kier alpha value is -3.52. The minimum absolute atomic E-state index is 0.199. The molecule has 1 unspecified atom stereocenters. The predicted octanol–water partition coefficient (Wildman–Crippen LogP) is 2.95. The molecule has 1 aromatic heterocycles. The van der Waals surface area contributed by atoms with E-state index >= 15 is 0 Å². The third-order valence-electron chi connectivity index (χ3n) is 5.07. The van der Waals surface area contributed by atoms with E-state index in [1.807, 2.05) is 6.07 Å². The number of esters is 1. The van der Waals surface area contributed by atoms with Gasteiger partial charge in [0.1, 0.15) is 11.6 Å². The van der Waals surface area contributed by atoms with Crippen LogP contribution in [0.3, 0.4) is 0 Å². The van der Waals surface area contributed by atoms with Gasteiger partial charge in [0.15, 0.2) is 4.80 Å². The second kappa shape index (κ2) is 8.92. The van der Waals surface area contributed by atoms with Gasteiger partial charge in [-0.3, -0.25) is 9.36 Å². The molecule has 164 valence electrons. The van der Waals surface area contributed by atoms with Gasteiger partial charge in [-0.15, -0.1) is 0 Å². The van der Waals surface area contributed by atoms with Crippen molar-refractivity contribution in [3.05, 3.63) is 96.4 Å². The molecule has 3 aromatic rings. The highest BCUT2D eigenvalue weighted by atomic mass is 32.1. The van der Waals surface area contributed by atoms with Crippen molar-refractivity contribution in [2.45, 2.75) is 19.9 Å². The third-order valence-corrected chi connectivity index (χ3v) is 6.06. The highest BCUT2D eigenvalue weighted by Gasteiger charge is 2.33. The Balaban J connectivity index is 1.97. The number of ether oxygens (including phenoxy) is 2. The molecule has 4 rings (SSSR count). The summed E-state index contributed by atoms with van der Waals surface area (Å²) in [6.07, 6.45) is 1.62. The van der Waals surface area contributed by atoms with Crippen LogP contribution in [0.4, 0.5) is 4.39 Å². The number of rotatable bonds is 5. The van der Waals surface area contributed by atoms with Crippen molar-refractivity contribution >= 4 is 23.4 Å². The SMILES string of the molecule is CCOC(=O)C1=C(C)N=c2sc(=Cc3cccc(F)c3)c(=O)n2C1c1cccc(OC)c1. The van der Waals surface area contributed by atoms with Crippen molar-refractivity contribution in [1.29, 1.82) is 0 Å². The molecule has 2 heterocycles. The van der Waals surface area contributed by atoms with Crippen LogP contribution in [-0.4, -0.2) is 24.3 Å². The van der Waals surface area contributed by atoms with E-state index in [1.54, 1.807) is 57.4 Å². The molecule has 32 heavy (non-hydrogen) atoms. The Morgan fingerprint density at radius 2 is 2.03 bits per heavy atom. The van der Waals surface area contributed by atoms with Gasteiger partial charge in [-0.05, 0) is 55.3 Å². The average molecular weight is 453 g/mol. The number of allylic oxidation sites excluding steroid dienone is 1. The van der Waals surface area contributed by atoms with Crippen LogP contribution in [0.5, 0.6) is 5.75 Å². The minimum atomic E-state index is -0.727. The van der Waals surface area contributed by atoms with Gasteiger partial charge in [-0.2, -0.15) is 0 Å². The Morgan fingerprint density at radius 1 is 1.25 bits per heavy atom. The molecular formula is C24H21FN2O4S. The molecule has 0 aliphatic carbocycles. The van der Waals surface area contributed by atoms with Crippen molar-refractivity contribution in [2.75, 3.05) is 13.7 Å². The molecule has 0 saturated heterocycles. The van der Waals surface area contributed by atoms with Crippen LogP contribution in [0.2, 0.25) is 0 Å². The number of carbonyl (C=O) groups is 1. The monoisotopic (exact) mass is 452 g/mol. The number of hydrogen-bond donors (Lipinski definition) is 0. The van der Waals surface area contributed by atoms with Crippen LogP contribution in [0.25, 0.3) is 6.08 Å². The van der Waals surface area contributed by atoms with Gasteiger partial charge in [-0.1, -0.05) is 35.6 Å². The highest BCUT2D eigenvalue weighted by molar-refractivity contribution is 7.07. The number of fused-ring (bicyclic) bond motifs is 1. The topological polar surface area (TPSA) is 69.9 Å². The van der Waals surface area contributed by atoms with Crippen LogP contribution in [0, 0.1) is 5.82 Å². The van der Waals surface area contributed by atoms with Crippen molar-refractivity contribution in [3.63, 3.8) is 0 Å². The van der Waals surface area contributed by atoms with Crippen molar-refractivity contribution in [1.82, 2.24) is 4.57 Å². The smallest absolute Gasteiger partial charge is 0.338 e. The van der Waals surface area contributed by atoms with Gasteiger partial charge in [0.25, 0.3) is 5.56 Å². The van der Waals surface area contributed by atoms with E-state index in [0.717, 1.165) is 0 Å². The molecule has 0 radical (unpaired) electrons. The summed E-state index contributed by atoms with van der Waals surface area (Å²) in [4.78, 5) is 31.3. The molecule has 0 N–H and O–H groups in total. The molecule has 6 nitrogen and oxygen atoms in total. The molecule has 0 saturated carbocycles. The summed E-state index contributed by atoms with van der Waals surface area (Å²) in [5.41, 5.74) is 1.72. The minimum Gasteiger partial charge on any atom is -0.497 e. The fraction of sp³-hybridized carbons (Fsp3) is 0.208. The Morgan fingerprint density at radius 3 is 2.75 bits per heavy atom. The Kier molecular flexibility index (Phi) is 6.05. The molecule has 1 atom stereocenters. The standard InChI is InChI=1S/C24H21FN2O4S/c1-4-31-23(29)20-14(2)26-24-27(21(20)16-8-6-10-18(13-16)30-3)22(28)19(32-24)12-15-7-5-9-17(25)11-15/h5-13,21H,4H2,1-3H3. The molecule has 2 aromatic carbocycles. The van der Waals surface area contributed by atoms with Crippen molar-refractivity contribution in [3.8, 4) is 5.75 Å². The van der Waals surface area contributed by atoms with Crippen LogP contribution in [0.1, 0.15) is 31.0 Å². The van der Waals surface area contributed by atoms with Gasteiger partial charge >= 0.3 is 5.97 Å². The first-order valence-electron chi connectivity index (χ1n) is 10.0. The molecule has 0 fully saturated rings. The molecule has 8 heteroatoms. The number of methoxy groups -OCH3 is 1. The number of halogens is 1. The average Bonchev–Trinajstić information content (AvgIpc) is 3.07. The molecule has 1 aliphatic heterocycles. The van der Waals surface area contributed by atoms with Gasteiger partial charge in [-0.25, -0.2) is 14.2 Å². The van der Waals surface area contributed by atoms with E-state index in [1.165, 1.54) is 28.0 Å². The molecule has 0 bridgehead atoms. The van der Waals surface area contributed by atoms with Crippen LogP contribution in [0.15, 0.2) is 69.6 Å². The predicted molar refractivity (Wildman–Crippen MR) is 120 cm³/mol. The summed E-state index contributed by atoms with van der Waals surface area (Å²) in [5.74, 6) is -0.315. The van der Waals surface area contributed by atoms with Gasteiger partial charge < -0.3 is 9.47 Å². The number of carbonyl (C=O) groups excluding carboxylic acids is 1. The second-order valence-corrected chi connectivity index (χ2v) is 8.14. The van der Waals surface area contributed by atoms with Crippen molar-refractivity contribution in [2.24, 2.45) is 4.99 Å². The fourth-order valence-electron chi connectivity index (χ4n) is 3.67. The van der Waals surface area contributed by atoms with Crippen LogP contribution < -0.4 is 19.6 Å². The number of nitrogens with zero attached hydrogens (tertiary/aromatic N) is 2. The maximum absolute atomic E-state index is 13.6. The lowest BCUT2D eigenvalue weighted by atomic mass is 9.95. The maximum atomic E-state index is 13.6. The molecule has 0 amide bonds. The Labute approximate surface area is 187 Å². The van der Waals surface area contributed by atoms with Crippen molar-refractivity contribution < 1.29 is 18.7 Å². The second-order valence-electron chi connectivity index (χ2n) is 7.13. The first-order valence-corrected chi connectivity index (χ1v) is 10.8. The van der Waals surface area contributed by atoms with E-state index in [-0.39, 0.29) is 18.0 Å². The van der Waals surface area contributed by atoms with Crippen LogP contribution >= 0.6 is 11.3 Å². The van der Waals surface area contributed by atoms with Gasteiger partial charge in [0.2, 0.25) is 0 Å². The first-order chi connectivity index (χ1) is 15.4. The summed E-state index contributed by atoms with van der Waals surface area (Å²) < 4.78 is 26.1. The zero-order chi connectivity index (χ0) is 22.8. The first kappa shape index (κ1) is 21.7. The summed E-state index contributed by atoms with van der Waals surface area (Å²) in [6.45, 7) is 3.65. The van der Waals surface area contributed by atoms with Gasteiger partial charge in [0.05, 0.1) is 35.6 Å². The molecule has 0 spiro atoms. The summed E-state index contributed by atoms with van der Waals surface area (Å²) in [7, 11) is 1.55. The normalized spacial score (nSPS) is 15.9. The summed E-state index contributed by atoms with van der Waals surface area (Å²) >= 11 is 1.19. The van der Waals surface area contributed by atoms with E-state index < -0.39 is 12.0 Å².